The lowest BCUT2D eigenvalue weighted by molar-refractivity contribution is 0.352. The second-order valence-corrected chi connectivity index (χ2v) is 4.91. The van der Waals surface area contributed by atoms with Gasteiger partial charge in [0.25, 0.3) is 0 Å². The Kier molecular flexibility index (Phi) is 3.91. The Morgan fingerprint density at radius 2 is 2.21 bits per heavy atom. The highest BCUT2D eigenvalue weighted by molar-refractivity contribution is 4.95. The van der Waals surface area contributed by atoms with E-state index in [9.17, 15) is 0 Å². The smallest absolute Gasteiger partial charge is 0.0697 e. The van der Waals surface area contributed by atoms with Crippen LogP contribution >= 0.6 is 0 Å². The van der Waals surface area contributed by atoms with Crippen molar-refractivity contribution in [3.8, 4) is 6.07 Å². The lowest BCUT2D eigenvalue weighted by Gasteiger charge is -2.23. The molecule has 0 amide bonds. The third-order valence-electron chi connectivity index (χ3n) is 3.07. The first-order valence-electron chi connectivity index (χ1n) is 5.44. The standard InChI is InChI=1S/C11H21N3/c1-11(2,7-13)8-14-10-5-3-4-9(10)6-12/h9-10,14H,3-6,8,12H2,1-2H3. The molecule has 0 saturated heterocycles. The minimum absolute atomic E-state index is 0.262. The van der Waals surface area contributed by atoms with E-state index < -0.39 is 0 Å². The molecule has 3 nitrogen and oxygen atoms in total. The number of nitrogens with one attached hydrogen (secondary N) is 1. The predicted molar refractivity (Wildman–Crippen MR) is 57.6 cm³/mol. The van der Waals surface area contributed by atoms with Crippen LogP contribution in [0.1, 0.15) is 33.1 Å². The van der Waals surface area contributed by atoms with Crippen LogP contribution in [0.5, 0.6) is 0 Å². The molecular weight excluding hydrogens is 174 g/mol. The van der Waals surface area contributed by atoms with Crippen molar-refractivity contribution in [2.45, 2.75) is 39.2 Å². The lowest BCUT2D eigenvalue weighted by atomic mass is 9.94. The number of nitriles is 1. The molecule has 1 aliphatic rings. The number of hydrogen-bond acceptors (Lipinski definition) is 3. The molecule has 0 spiro atoms. The molecule has 0 aromatic rings. The van der Waals surface area contributed by atoms with Gasteiger partial charge >= 0.3 is 0 Å². The molecule has 3 heteroatoms. The third kappa shape index (κ3) is 2.97. The summed E-state index contributed by atoms with van der Waals surface area (Å²) in [6.07, 6.45) is 3.72. The molecule has 1 rings (SSSR count). The van der Waals surface area contributed by atoms with Crippen LogP contribution < -0.4 is 11.1 Å². The predicted octanol–water partition coefficient (Wildman–Crippen LogP) is 1.25. The molecule has 0 aliphatic heterocycles. The Morgan fingerprint density at radius 3 is 2.79 bits per heavy atom. The zero-order valence-corrected chi connectivity index (χ0v) is 9.21. The molecule has 80 valence electrons. The van der Waals surface area contributed by atoms with Gasteiger partial charge in [0, 0.05) is 12.6 Å². The van der Waals surface area contributed by atoms with Crippen LogP contribution in [-0.4, -0.2) is 19.1 Å². The van der Waals surface area contributed by atoms with E-state index in [0.717, 1.165) is 13.1 Å². The molecule has 1 saturated carbocycles. The summed E-state index contributed by atoms with van der Waals surface area (Å²) in [6, 6.07) is 2.84. The molecular formula is C11H21N3. The summed E-state index contributed by atoms with van der Waals surface area (Å²) < 4.78 is 0. The van der Waals surface area contributed by atoms with E-state index >= 15 is 0 Å². The minimum Gasteiger partial charge on any atom is -0.330 e. The van der Waals surface area contributed by atoms with Gasteiger partial charge in [0.2, 0.25) is 0 Å². The summed E-state index contributed by atoms with van der Waals surface area (Å²) in [4.78, 5) is 0. The Labute approximate surface area is 86.7 Å². The molecule has 14 heavy (non-hydrogen) atoms. The summed E-state index contributed by atoms with van der Waals surface area (Å²) in [7, 11) is 0. The van der Waals surface area contributed by atoms with Crippen LogP contribution in [0.4, 0.5) is 0 Å². The van der Waals surface area contributed by atoms with E-state index in [0.29, 0.717) is 12.0 Å². The topological polar surface area (TPSA) is 61.8 Å². The summed E-state index contributed by atoms with van der Waals surface area (Å²) in [5, 5.41) is 12.3. The van der Waals surface area contributed by atoms with Crippen molar-refractivity contribution >= 4 is 0 Å². The average Bonchev–Trinajstić information content (AvgIpc) is 2.62. The summed E-state index contributed by atoms with van der Waals surface area (Å²) in [6.45, 7) is 5.47. The van der Waals surface area contributed by atoms with Crippen LogP contribution in [0.3, 0.4) is 0 Å². The van der Waals surface area contributed by atoms with E-state index in [1.165, 1.54) is 19.3 Å². The van der Waals surface area contributed by atoms with Crippen molar-refractivity contribution < 1.29 is 0 Å². The molecule has 3 N–H and O–H groups in total. The average molecular weight is 195 g/mol. The fraction of sp³-hybridized carbons (Fsp3) is 0.909. The number of nitrogens with two attached hydrogens (primary N) is 1. The summed E-state index contributed by atoms with van der Waals surface area (Å²) in [5.41, 5.74) is 5.43. The van der Waals surface area contributed by atoms with Crippen molar-refractivity contribution in [2.24, 2.45) is 17.1 Å². The number of hydrogen-bond donors (Lipinski definition) is 2. The normalized spacial score (nSPS) is 27.6. The van der Waals surface area contributed by atoms with Crippen molar-refractivity contribution in [3.05, 3.63) is 0 Å². The van der Waals surface area contributed by atoms with E-state index in [2.05, 4.69) is 11.4 Å². The first-order valence-corrected chi connectivity index (χ1v) is 5.44. The van der Waals surface area contributed by atoms with Gasteiger partial charge in [-0.3, -0.25) is 0 Å². The minimum atomic E-state index is -0.262. The molecule has 0 heterocycles. The van der Waals surface area contributed by atoms with Gasteiger partial charge < -0.3 is 11.1 Å². The first kappa shape index (κ1) is 11.5. The molecule has 2 unspecified atom stereocenters. The highest BCUT2D eigenvalue weighted by Gasteiger charge is 2.27. The zero-order valence-electron chi connectivity index (χ0n) is 9.21. The molecule has 1 aliphatic carbocycles. The van der Waals surface area contributed by atoms with Gasteiger partial charge in [0.05, 0.1) is 11.5 Å². The first-order chi connectivity index (χ1) is 6.59. The second-order valence-electron chi connectivity index (χ2n) is 4.91. The van der Waals surface area contributed by atoms with Gasteiger partial charge in [-0.2, -0.15) is 5.26 Å². The van der Waals surface area contributed by atoms with Gasteiger partial charge in [-0.1, -0.05) is 6.42 Å². The van der Waals surface area contributed by atoms with Gasteiger partial charge in [-0.05, 0) is 39.2 Å². The van der Waals surface area contributed by atoms with Crippen LogP contribution in [0.25, 0.3) is 0 Å². The maximum Gasteiger partial charge on any atom is 0.0697 e. The molecule has 2 atom stereocenters. The van der Waals surface area contributed by atoms with Gasteiger partial charge in [-0.15, -0.1) is 0 Å². The Bertz CT molecular complexity index is 217. The van der Waals surface area contributed by atoms with Gasteiger partial charge in [0.1, 0.15) is 0 Å². The van der Waals surface area contributed by atoms with E-state index in [4.69, 9.17) is 11.0 Å². The van der Waals surface area contributed by atoms with Crippen molar-refractivity contribution in [3.63, 3.8) is 0 Å². The zero-order chi connectivity index (χ0) is 10.6. The van der Waals surface area contributed by atoms with Crippen molar-refractivity contribution in [1.82, 2.24) is 5.32 Å². The van der Waals surface area contributed by atoms with E-state index in [-0.39, 0.29) is 5.41 Å². The number of rotatable bonds is 4. The SMILES string of the molecule is CC(C)(C#N)CNC1CCCC1CN. The Morgan fingerprint density at radius 1 is 1.50 bits per heavy atom. The lowest BCUT2D eigenvalue weighted by Crippen LogP contribution is -2.40. The molecule has 0 aromatic carbocycles. The van der Waals surface area contributed by atoms with E-state index in [1.54, 1.807) is 0 Å². The van der Waals surface area contributed by atoms with E-state index in [1.807, 2.05) is 13.8 Å². The quantitative estimate of drug-likeness (QED) is 0.709. The Hall–Kier alpha value is -0.590. The molecule has 0 aromatic heterocycles. The second kappa shape index (κ2) is 4.77. The molecule has 0 radical (unpaired) electrons. The third-order valence-corrected chi connectivity index (χ3v) is 3.07. The van der Waals surface area contributed by atoms with Crippen LogP contribution in [-0.2, 0) is 0 Å². The monoisotopic (exact) mass is 195 g/mol. The number of nitrogens with zero attached hydrogens (tertiary/aromatic N) is 1. The summed E-state index contributed by atoms with van der Waals surface area (Å²) >= 11 is 0. The maximum absolute atomic E-state index is 8.88. The fourth-order valence-corrected chi connectivity index (χ4v) is 2.01. The van der Waals surface area contributed by atoms with Gasteiger partial charge in [-0.25, -0.2) is 0 Å². The van der Waals surface area contributed by atoms with Crippen molar-refractivity contribution in [1.29, 1.82) is 5.26 Å². The Balaban J connectivity index is 2.35. The van der Waals surface area contributed by atoms with Gasteiger partial charge in [0.15, 0.2) is 0 Å². The molecule has 0 bridgehead atoms. The molecule has 1 fully saturated rings. The highest BCUT2D eigenvalue weighted by Crippen LogP contribution is 2.25. The maximum atomic E-state index is 8.88. The van der Waals surface area contributed by atoms with Crippen LogP contribution in [0.2, 0.25) is 0 Å². The largest absolute Gasteiger partial charge is 0.330 e. The highest BCUT2D eigenvalue weighted by atomic mass is 14.9. The van der Waals surface area contributed by atoms with Crippen LogP contribution in [0, 0.1) is 22.7 Å². The van der Waals surface area contributed by atoms with Crippen molar-refractivity contribution in [2.75, 3.05) is 13.1 Å². The summed E-state index contributed by atoms with van der Waals surface area (Å²) in [5.74, 6) is 0.615. The van der Waals surface area contributed by atoms with Crippen LogP contribution in [0.15, 0.2) is 0 Å². The fourth-order valence-electron chi connectivity index (χ4n) is 2.01.